The quantitative estimate of drug-likeness (QED) is 0.320. The van der Waals surface area contributed by atoms with Gasteiger partial charge < -0.3 is 25.4 Å². The van der Waals surface area contributed by atoms with Gasteiger partial charge >= 0.3 is 0 Å². The van der Waals surface area contributed by atoms with Gasteiger partial charge in [-0.2, -0.15) is 4.98 Å². The number of nitrogens with zero attached hydrogens (tertiary/aromatic N) is 2. The molecule has 1 atom stereocenters. The van der Waals surface area contributed by atoms with Crippen molar-refractivity contribution >= 4 is 28.6 Å². The first-order valence-electron chi connectivity index (χ1n) is 11.8. The number of ether oxygens (including phenoxy) is 2. The summed E-state index contributed by atoms with van der Waals surface area (Å²) >= 11 is 0. The topological polar surface area (TPSA) is 97.4 Å². The van der Waals surface area contributed by atoms with E-state index in [1.54, 1.807) is 20.3 Å². The standard InChI is InChI=1S/C26H33F2N5O3/c1-6-7-10-26(3,15-30-16(2)34)33-24-19-12-20(27)21(28)13-22(19)31-25(32-24)29-14-17-8-9-18(35-4)11-23(17)36-5/h8-9,11-13H,6-7,10,14-15H2,1-5H3,(H,30,34)(H2,29,31,32,33)/t26-/m1/s1. The zero-order chi connectivity index (χ0) is 26.3. The second-order valence-corrected chi connectivity index (χ2v) is 8.91. The van der Waals surface area contributed by atoms with Crippen molar-refractivity contribution in [3.05, 3.63) is 47.5 Å². The summed E-state index contributed by atoms with van der Waals surface area (Å²) in [4.78, 5) is 20.6. The minimum absolute atomic E-state index is 0.157. The van der Waals surface area contributed by atoms with Crippen LogP contribution in [0.3, 0.4) is 0 Å². The van der Waals surface area contributed by atoms with Gasteiger partial charge in [-0.05, 0) is 31.5 Å². The van der Waals surface area contributed by atoms with Crippen molar-refractivity contribution in [2.75, 3.05) is 31.4 Å². The molecule has 1 amide bonds. The lowest BCUT2D eigenvalue weighted by Crippen LogP contribution is -2.46. The van der Waals surface area contributed by atoms with Gasteiger partial charge in [-0.15, -0.1) is 0 Å². The largest absolute Gasteiger partial charge is 0.497 e. The first-order chi connectivity index (χ1) is 17.2. The van der Waals surface area contributed by atoms with E-state index in [-0.39, 0.29) is 17.4 Å². The van der Waals surface area contributed by atoms with E-state index in [1.807, 2.05) is 19.1 Å². The molecule has 1 heterocycles. The van der Waals surface area contributed by atoms with Crippen molar-refractivity contribution in [2.24, 2.45) is 0 Å². The normalized spacial score (nSPS) is 12.6. The number of halogens is 2. The molecule has 0 saturated carbocycles. The molecule has 0 aliphatic heterocycles. The van der Waals surface area contributed by atoms with Crippen LogP contribution in [0.4, 0.5) is 20.5 Å². The molecular weight excluding hydrogens is 468 g/mol. The molecule has 0 radical (unpaired) electrons. The third-order valence-corrected chi connectivity index (χ3v) is 5.90. The van der Waals surface area contributed by atoms with Crippen molar-refractivity contribution in [1.82, 2.24) is 15.3 Å². The predicted octanol–water partition coefficient (Wildman–Crippen LogP) is 5.03. The molecule has 0 fully saturated rings. The molecule has 3 aromatic rings. The summed E-state index contributed by atoms with van der Waals surface area (Å²) in [5.74, 6) is -0.297. The molecule has 0 aliphatic carbocycles. The fourth-order valence-electron chi connectivity index (χ4n) is 3.84. The number of methoxy groups -OCH3 is 2. The number of amides is 1. The van der Waals surface area contributed by atoms with E-state index in [1.165, 1.54) is 6.92 Å². The first kappa shape index (κ1) is 26.9. The van der Waals surface area contributed by atoms with E-state index in [0.717, 1.165) is 37.0 Å². The molecule has 0 bridgehead atoms. The fraction of sp³-hybridized carbons (Fsp3) is 0.423. The van der Waals surface area contributed by atoms with Crippen LogP contribution in [0, 0.1) is 11.6 Å². The number of rotatable bonds is 12. The van der Waals surface area contributed by atoms with Crippen LogP contribution in [0.5, 0.6) is 11.5 Å². The number of carbonyl (C=O) groups is 1. The summed E-state index contributed by atoms with van der Waals surface area (Å²) in [6, 6.07) is 7.57. The van der Waals surface area contributed by atoms with Crippen molar-refractivity contribution in [3.8, 4) is 11.5 Å². The second kappa shape index (κ2) is 11.8. The number of hydrogen-bond acceptors (Lipinski definition) is 7. The van der Waals surface area contributed by atoms with E-state index < -0.39 is 17.2 Å². The van der Waals surface area contributed by atoms with Crippen molar-refractivity contribution in [3.63, 3.8) is 0 Å². The van der Waals surface area contributed by atoms with Crippen LogP contribution in [0.15, 0.2) is 30.3 Å². The highest BCUT2D eigenvalue weighted by molar-refractivity contribution is 5.90. The minimum Gasteiger partial charge on any atom is -0.497 e. The van der Waals surface area contributed by atoms with Crippen LogP contribution in [-0.2, 0) is 11.3 Å². The van der Waals surface area contributed by atoms with Gasteiger partial charge in [-0.1, -0.05) is 19.8 Å². The Bertz CT molecular complexity index is 1220. The smallest absolute Gasteiger partial charge is 0.225 e. The summed E-state index contributed by atoms with van der Waals surface area (Å²) in [5.41, 5.74) is 0.498. The lowest BCUT2D eigenvalue weighted by Gasteiger charge is -2.32. The zero-order valence-electron chi connectivity index (χ0n) is 21.3. The fourth-order valence-corrected chi connectivity index (χ4v) is 3.84. The summed E-state index contributed by atoms with van der Waals surface area (Å²) in [5, 5.41) is 9.71. The maximum Gasteiger partial charge on any atom is 0.225 e. The van der Waals surface area contributed by atoms with E-state index in [2.05, 4.69) is 32.8 Å². The molecule has 10 heteroatoms. The molecule has 1 aromatic heterocycles. The van der Waals surface area contributed by atoms with Crippen molar-refractivity contribution in [1.29, 1.82) is 0 Å². The Morgan fingerprint density at radius 1 is 1.08 bits per heavy atom. The molecule has 0 saturated heterocycles. The average molecular weight is 502 g/mol. The molecular formula is C26H33F2N5O3. The molecule has 194 valence electrons. The van der Waals surface area contributed by atoms with Gasteiger partial charge in [0.25, 0.3) is 0 Å². The highest BCUT2D eigenvalue weighted by atomic mass is 19.2. The second-order valence-electron chi connectivity index (χ2n) is 8.91. The van der Waals surface area contributed by atoms with Crippen LogP contribution >= 0.6 is 0 Å². The van der Waals surface area contributed by atoms with Gasteiger partial charge in [0.15, 0.2) is 11.6 Å². The highest BCUT2D eigenvalue weighted by Crippen LogP contribution is 2.30. The van der Waals surface area contributed by atoms with Gasteiger partial charge in [0.05, 0.1) is 25.3 Å². The molecule has 8 nitrogen and oxygen atoms in total. The average Bonchev–Trinajstić information content (AvgIpc) is 2.86. The summed E-state index contributed by atoms with van der Waals surface area (Å²) in [6.45, 7) is 6.15. The lowest BCUT2D eigenvalue weighted by molar-refractivity contribution is -0.119. The zero-order valence-corrected chi connectivity index (χ0v) is 21.3. The number of benzene rings is 2. The third-order valence-electron chi connectivity index (χ3n) is 5.90. The minimum atomic E-state index is -0.998. The van der Waals surface area contributed by atoms with Crippen LogP contribution in [0.2, 0.25) is 0 Å². The molecule has 36 heavy (non-hydrogen) atoms. The number of unbranched alkanes of at least 4 members (excludes halogenated alkanes) is 1. The van der Waals surface area contributed by atoms with Gasteiger partial charge in [0, 0.05) is 43.1 Å². The Kier molecular flexibility index (Phi) is 8.84. The number of anilines is 2. The Labute approximate surface area is 209 Å². The molecule has 3 N–H and O–H groups in total. The number of carbonyl (C=O) groups excluding carboxylic acids is 1. The molecule has 3 rings (SSSR count). The molecule has 0 unspecified atom stereocenters. The monoisotopic (exact) mass is 501 g/mol. The van der Waals surface area contributed by atoms with Crippen molar-refractivity contribution in [2.45, 2.75) is 52.1 Å². The number of nitrogens with one attached hydrogen (secondary N) is 3. The molecule has 0 aliphatic rings. The van der Waals surface area contributed by atoms with E-state index >= 15 is 0 Å². The SMILES string of the molecule is CCCC[C@](C)(CNC(C)=O)Nc1nc(NCc2ccc(OC)cc2OC)nc2cc(F)c(F)cc12. The third kappa shape index (κ3) is 6.71. The van der Waals surface area contributed by atoms with Crippen LogP contribution in [0.25, 0.3) is 10.9 Å². The van der Waals surface area contributed by atoms with Crippen molar-refractivity contribution < 1.29 is 23.0 Å². The van der Waals surface area contributed by atoms with Crippen LogP contribution in [0.1, 0.15) is 45.6 Å². The van der Waals surface area contributed by atoms with Crippen LogP contribution < -0.4 is 25.4 Å². The van der Waals surface area contributed by atoms with Crippen LogP contribution in [-0.4, -0.2) is 42.2 Å². The van der Waals surface area contributed by atoms with Gasteiger partial charge in [-0.3, -0.25) is 4.79 Å². The Morgan fingerprint density at radius 2 is 1.83 bits per heavy atom. The molecule has 2 aromatic carbocycles. The van der Waals surface area contributed by atoms with E-state index in [0.29, 0.717) is 35.8 Å². The molecule has 0 spiro atoms. The van der Waals surface area contributed by atoms with E-state index in [9.17, 15) is 13.6 Å². The van der Waals surface area contributed by atoms with E-state index in [4.69, 9.17) is 9.47 Å². The Hall–Kier alpha value is -3.69. The Morgan fingerprint density at radius 3 is 2.50 bits per heavy atom. The summed E-state index contributed by atoms with van der Waals surface area (Å²) in [6.07, 6.45) is 2.58. The predicted molar refractivity (Wildman–Crippen MR) is 137 cm³/mol. The summed E-state index contributed by atoms with van der Waals surface area (Å²) < 4.78 is 39.0. The van der Waals surface area contributed by atoms with Gasteiger partial charge in [0.2, 0.25) is 11.9 Å². The van der Waals surface area contributed by atoms with Gasteiger partial charge in [0.1, 0.15) is 17.3 Å². The summed E-state index contributed by atoms with van der Waals surface area (Å²) in [7, 11) is 3.14. The number of fused-ring (bicyclic) bond motifs is 1. The lowest BCUT2D eigenvalue weighted by atomic mass is 9.94. The maximum atomic E-state index is 14.2. The maximum absolute atomic E-state index is 14.2. The van der Waals surface area contributed by atoms with Gasteiger partial charge in [-0.25, -0.2) is 13.8 Å². The highest BCUT2D eigenvalue weighted by Gasteiger charge is 2.26. The number of aromatic nitrogens is 2. The number of hydrogen-bond donors (Lipinski definition) is 3. The Balaban J connectivity index is 1.98. The first-order valence-corrected chi connectivity index (χ1v) is 11.8.